The van der Waals surface area contributed by atoms with Crippen molar-refractivity contribution in [2.24, 2.45) is 0 Å². The van der Waals surface area contributed by atoms with Gasteiger partial charge in [0.05, 0.1) is 0 Å². The summed E-state index contributed by atoms with van der Waals surface area (Å²) in [6.07, 6.45) is 0. The van der Waals surface area contributed by atoms with Gasteiger partial charge in [-0.2, -0.15) is 0 Å². The summed E-state index contributed by atoms with van der Waals surface area (Å²) in [5, 5.41) is 6.90. The zero-order chi connectivity index (χ0) is 32.3. The summed E-state index contributed by atoms with van der Waals surface area (Å²) < 4.78 is 12.5. The molecule has 0 atom stereocenters. The molecule has 0 aliphatic carbocycles. The van der Waals surface area contributed by atoms with Crippen molar-refractivity contribution in [1.29, 1.82) is 0 Å². The van der Waals surface area contributed by atoms with Crippen molar-refractivity contribution in [3.63, 3.8) is 0 Å². The molecule has 0 amide bonds. The molecule has 0 saturated heterocycles. The Labute approximate surface area is 282 Å². The Kier molecular flexibility index (Phi) is 6.18. The molecule has 2 aromatic heterocycles. The average molecular weight is 628 g/mol. The molecule has 0 radical (unpaired) electrons. The molecular formula is C46H29NO2. The van der Waals surface area contributed by atoms with Gasteiger partial charge in [0.2, 0.25) is 0 Å². The molecule has 230 valence electrons. The Morgan fingerprint density at radius 3 is 1.65 bits per heavy atom. The van der Waals surface area contributed by atoms with Gasteiger partial charge in [-0.3, -0.25) is 0 Å². The van der Waals surface area contributed by atoms with Crippen LogP contribution in [0.15, 0.2) is 185 Å². The van der Waals surface area contributed by atoms with Gasteiger partial charge in [-0.05, 0) is 99.8 Å². The Morgan fingerprint density at radius 1 is 0.286 bits per heavy atom. The zero-order valence-electron chi connectivity index (χ0n) is 26.5. The van der Waals surface area contributed by atoms with Crippen LogP contribution >= 0.6 is 0 Å². The third-order valence-corrected chi connectivity index (χ3v) is 9.63. The summed E-state index contributed by atoms with van der Waals surface area (Å²) in [4.78, 5) is 2.31. The summed E-state index contributed by atoms with van der Waals surface area (Å²) in [7, 11) is 0. The molecule has 49 heavy (non-hydrogen) atoms. The monoisotopic (exact) mass is 627 g/mol. The molecule has 2 heterocycles. The van der Waals surface area contributed by atoms with Crippen LogP contribution in [0.1, 0.15) is 0 Å². The van der Waals surface area contributed by atoms with Gasteiger partial charge in [0.1, 0.15) is 22.3 Å². The summed E-state index contributed by atoms with van der Waals surface area (Å²) in [6, 6.07) is 62.2. The Balaban J connectivity index is 1.07. The van der Waals surface area contributed by atoms with Crippen molar-refractivity contribution in [1.82, 2.24) is 0 Å². The quantitative estimate of drug-likeness (QED) is 0.190. The van der Waals surface area contributed by atoms with Crippen LogP contribution in [0, 0.1) is 0 Å². The first kappa shape index (κ1) is 27.5. The Bertz CT molecular complexity index is 2830. The van der Waals surface area contributed by atoms with Crippen molar-refractivity contribution in [2.45, 2.75) is 0 Å². The van der Waals surface area contributed by atoms with E-state index >= 15 is 0 Å². The predicted octanol–water partition coefficient (Wildman–Crippen LogP) is 13.4. The van der Waals surface area contributed by atoms with E-state index in [0.717, 1.165) is 77.5 Å². The van der Waals surface area contributed by atoms with Crippen LogP contribution in [-0.2, 0) is 0 Å². The number of hydrogen-bond acceptors (Lipinski definition) is 3. The van der Waals surface area contributed by atoms with Crippen LogP contribution in [0.2, 0.25) is 0 Å². The van der Waals surface area contributed by atoms with E-state index in [0.29, 0.717) is 0 Å². The topological polar surface area (TPSA) is 29.5 Å². The molecule has 3 heteroatoms. The first-order valence-corrected chi connectivity index (χ1v) is 16.6. The van der Waals surface area contributed by atoms with Gasteiger partial charge in [0.15, 0.2) is 0 Å². The van der Waals surface area contributed by atoms with Gasteiger partial charge in [0.25, 0.3) is 0 Å². The standard InChI is InChI=1S/C46H29NO2/c1-2-9-30(10-3-1)32-11-8-12-37(26-32)47(38-23-24-41-39-13-4-6-15-43(39)49-46(41)29-38)36-21-19-31(20-22-36)33-17-18-34-27-42-40-14-5-7-16-44(40)48-45(42)28-35(34)25-33/h1-29H. The summed E-state index contributed by atoms with van der Waals surface area (Å²) in [5.41, 5.74) is 11.4. The third-order valence-electron chi connectivity index (χ3n) is 9.63. The molecular weight excluding hydrogens is 599 g/mol. The van der Waals surface area contributed by atoms with Crippen LogP contribution < -0.4 is 4.90 Å². The molecule has 3 nitrogen and oxygen atoms in total. The molecule has 0 aliphatic rings. The molecule has 0 spiro atoms. The van der Waals surface area contributed by atoms with Crippen molar-refractivity contribution in [3.05, 3.63) is 176 Å². The van der Waals surface area contributed by atoms with Gasteiger partial charge in [-0.1, -0.05) is 103 Å². The highest BCUT2D eigenvalue weighted by atomic mass is 16.3. The van der Waals surface area contributed by atoms with Crippen LogP contribution in [0.3, 0.4) is 0 Å². The minimum absolute atomic E-state index is 0.870. The van der Waals surface area contributed by atoms with Crippen LogP contribution in [0.4, 0.5) is 17.1 Å². The van der Waals surface area contributed by atoms with E-state index in [1.165, 1.54) is 16.5 Å². The lowest BCUT2D eigenvalue weighted by Gasteiger charge is -2.26. The van der Waals surface area contributed by atoms with Gasteiger partial charge < -0.3 is 13.7 Å². The fraction of sp³-hybridized carbons (Fsp3) is 0. The Morgan fingerprint density at radius 2 is 0.857 bits per heavy atom. The minimum atomic E-state index is 0.870. The number of nitrogens with zero attached hydrogens (tertiary/aromatic N) is 1. The van der Waals surface area contributed by atoms with Crippen LogP contribution in [0.5, 0.6) is 0 Å². The second kappa shape index (κ2) is 11.0. The lowest BCUT2D eigenvalue weighted by molar-refractivity contribution is 0.669. The second-order valence-corrected chi connectivity index (χ2v) is 12.6. The molecule has 10 rings (SSSR count). The molecule has 0 N–H and O–H groups in total. The van der Waals surface area contributed by atoms with E-state index in [2.05, 4.69) is 157 Å². The molecule has 0 aliphatic heterocycles. The maximum Gasteiger partial charge on any atom is 0.137 e. The van der Waals surface area contributed by atoms with Crippen LogP contribution in [0.25, 0.3) is 76.9 Å². The third kappa shape index (κ3) is 4.67. The first-order chi connectivity index (χ1) is 24.2. The molecule has 10 aromatic rings. The highest BCUT2D eigenvalue weighted by Crippen LogP contribution is 2.41. The summed E-state index contributed by atoms with van der Waals surface area (Å²) >= 11 is 0. The van der Waals surface area contributed by atoms with Gasteiger partial charge in [-0.25, -0.2) is 0 Å². The van der Waals surface area contributed by atoms with Gasteiger partial charge in [0, 0.05) is 44.7 Å². The second-order valence-electron chi connectivity index (χ2n) is 12.6. The highest BCUT2D eigenvalue weighted by molar-refractivity contribution is 6.10. The van der Waals surface area contributed by atoms with E-state index in [-0.39, 0.29) is 0 Å². The van der Waals surface area contributed by atoms with E-state index in [1.807, 2.05) is 24.3 Å². The molecule has 0 saturated carbocycles. The lowest BCUT2D eigenvalue weighted by Crippen LogP contribution is -2.10. The number of rotatable bonds is 5. The minimum Gasteiger partial charge on any atom is -0.456 e. The van der Waals surface area contributed by atoms with Gasteiger partial charge in [-0.15, -0.1) is 0 Å². The smallest absolute Gasteiger partial charge is 0.137 e. The SMILES string of the molecule is c1ccc(-c2cccc(N(c3ccc(-c4ccc5cc6c(cc5c4)oc4ccccc46)cc3)c3ccc4c(c3)oc3ccccc34)c2)cc1. The molecule has 0 unspecified atom stereocenters. The highest BCUT2D eigenvalue weighted by Gasteiger charge is 2.17. The summed E-state index contributed by atoms with van der Waals surface area (Å²) in [6.45, 7) is 0. The van der Waals surface area contributed by atoms with Crippen molar-refractivity contribution in [2.75, 3.05) is 4.90 Å². The number of fused-ring (bicyclic) bond motifs is 7. The Hall–Kier alpha value is -6.58. The molecule has 8 aromatic carbocycles. The fourth-order valence-corrected chi connectivity index (χ4v) is 7.21. The zero-order valence-corrected chi connectivity index (χ0v) is 26.5. The fourth-order valence-electron chi connectivity index (χ4n) is 7.21. The summed E-state index contributed by atoms with van der Waals surface area (Å²) in [5.74, 6) is 0. The number of furan rings is 2. The number of benzene rings is 8. The molecule has 0 bridgehead atoms. The van der Waals surface area contributed by atoms with Crippen molar-refractivity contribution >= 4 is 71.7 Å². The maximum atomic E-state index is 6.33. The van der Waals surface area contributed by atoms with Crippen molar-refractivity contribution in [3.8, 4) is 22.3 Å². The lowest BCUT2D eigenvalue weighted by atomic mass is 9.99. The van der Waals surface area contributed by atoms with Crippen molar-refractivity contribution < 1.29 is 8.83 Å². The van der Waals surface area contributed by atoms with E-state index < -0.39 is 0 Å². The van der Waals surface area contributed by atoms with E-state index in [4.69, 9.17) is 8.83 Å². The normalized spacial score (nSPS) is 11.7. The van der Waals surface area contributed by atoms with Crippen LogP contribution in [-0.4, -0.2) is 0 Å². The van der Waals surface area contributed by atoms with E-state index in [9.17, 15) is 0 Å². The molecule has 0 fully saturated rings. The number of hydrogen-bond donors (Lipinski definition) is 0. The van der Waals surface area contributed by atoms with Gasteiger partial charge >= 0.3 is 0 Å². The average Bonchev–Trinajstić information content (AvgIpc) is 3.72. The van der Waals surface area contributed by atoms with E-state index in [1.54, 1.807) is 0 Å². The maximum absolute atomic E-state index is 6.33. The first-order valence-electron chi connectivity index (χ1n) is 16.6. The number of anilines is 3. The number of para-hydroxylation sites is 2. The predicted molar refractivity (Wildman–Crippen MR) is 204 cm³/mol. The largest absolute Gasteiger partial charge is 0.456 e.